The molecule has 3 N–H and O–H groups in total. The topological polar surface area (TPSA) is 61.4 Å². The molecule has 0 aliphatic carbocycles. The SMILES string of the molecule is O=C(NCC(O)c1ccc(Cl)cc1)C1(F)CCNC1. The molecule has 2 unspecified atom stereocenters. The molecule has 0 radical (unpaired) electrons. The number of alkyl halides is 1. The molecule has 1 heterocycles. The lowest BCUT2D eigenvalue weighted by Gasteiger charge is -2.19. The monoisotopic (exact) mass is 286 g/mol. The van der Waals surface area contributed by atoms with Crippen LogP contribution < -0.4 is 10.6 Å². The number of benzene rings is 1. The third kappa shape index (κ3) is 3.43. The first-order valence-electron chi connectivity index (χ1n) is 6.13. The van der Waals surface area contributed by atoms with Gasteiger partial charge in [-0.25, -0.2) is 4.39 Å². The smallest absolute Gasteiger partial charge is 0.259 e. The van der Waals surface area contributed by atoms with Crippen molar-refractivity contribution in [2.24, 2.45) is 0 Å². The maximum Gasteiger partial charge on any atom is 0.259 e. The highest BCUT2D eigenvalue weighted by Gasteiger charge is 2.41. The number of rotatable bonds is 4. The normalized spacial score (nSPS) is 24.2. The zero-order valence-electron chi connectivity index (χ0n) is 10.3. The summed E-state index contributed by atoms with van der Waals surface area (Å²) in [4.78, 5) is 11.7. The summed E-state index contributed by atoms with van der Waals surface area (Å²) in [5.41, 5.74) is -1.23. The van der Waals surface area contributed by atoms with Gasteiger partial charge in [-0.05, 0) is 24.2 Å². The number of nitrogens with one attached hydrogen (secondary N) is 2. The molecule has 2 rings (SSSR count). The number of hydrogen-bond acceptors (Lipinski definition) is 3. The van der Waals surface area contributed by atoms with E-state index < -0.39 is 17.7 Å². The Labute approximate surface area is 116 Å². The standard InChI is InChI=1S/C13H16ClFN2O2/c14-10-3-1-9(2-4-10)11(18)7-17-12(19)13(15)5-6-16-8-13/h1-4,11,16,18H,5-8H2,(H,17,19). The number of carbonyl (C=O) groups is 1. The summed E-state index contributed by atoms with van der Waals surface area (Å²) < 4.78 is 14.0. The second-order valence-corrected chi connectivity index (χ2v) is 5.11. The van der Waals surface area contributed by atoms with E-state index in [0.29, 0.717) is 17.1 Å². The minimum absolute atomic E-state index is 0.0217. The van der Waals surface area contributed by atoms with Crippen molar-refractivity contribution in [2.75, 3.05) is 19.6 Å². The first-order valence-corrected chi connectivity index (χ1v) is 6.50. The van der Waals surface area contributed by atoms with Crippen LogP contribution in [0, 0.1) is 0 Å². The lowest BCUT2D eigenvalue weighted by atomic mass is 10.0. The number of carbonyl (C=O) groups excluding carboxylic acids is 1. The summed E-state index contributed by atoms with van der Waals surface area (Å²) in [5, 5.41) is 15.7. The van der Waals surface area contributed by atoms with E-state index >= 15 is 0 Å². The first-order chi connectivity index (χ1) is 9.01. The van der Waals surface area contributed by atoms with E-state index in [-0.39, 0.29) is 19.5 Å². The Bertz CT molecular complexity index is 446. The molecule has 2 atom stereocenters. The van der Waals surface area contributed by atoms with Crippen LogP contribution in [0.15, 0.2) is 24.3 Å². The zero-order valence-corrected chi connectivity index (χ0v) is 11.1. The average Bonchev–Trinajstić information content (AvgIpc) is 2.84. The van der Waals surface area contributed by atoms with Gasteiger partial charge in [0.25, 0.3) is 5.91 Å². The van der Waals surface area contributed by atoms with Gasteiger partial charge in [0.15, 0.2) is 0 Å². The fraction of sp³-hybridized carbons (Fsp3) is 0.462. The van der Waals surface area contributed by atoms with Crippen molar-refractivity contribution in [1.82, 2.24) is 10.6 Å². The third-order valence-corrected chi connectivity index (χ3v) is 3.47. The average molecular weight is 287 g/mol. The maximum absolute atomic E-state index is 14.0. The van der Waals surface area contributed by atoms with Gasteiger partial charge >= 0.3 is 0 Å². The van der Waals surface area contributed by atoms with Crippen LogP contribution in [0.4, 0.5) is 4.39 Å². The fourth-order valence-corrected chi connectivity index (χ4v) is 2.13. The van der Waals surface area contributed by atoms with Crippen LogP contribution in [-0.4, -0.2) is 36.3 Å². The molecule has 1 aromatic rings. The molecular formula is C13H16ClFN2O2. The molecule has 1 fully saturated rings. The second-order valence-electron chi connectivity index (χ2n) is 4.67. The van der Waals surface area contributed by atoms with Crippen molar-refractivity contribution < 1.29 is 14.3 Å². The van der Waals surface area contributed by atoms with E-state index in [4.69, 9.17) is 11.6 Å². The van der Waals surface area contributed by atoms with E-state index in [2.05, 4.69) is 10.6 Å². The number of amides is 1. The summed E-state index contributed by atoms with van der Waals surface area (Å²) in [6.45, 7) is 0.492. The minimum Gasteiger partial charge on any atom is -0.387 e. The highest BCUT2D eigenvalue weighted by atomic mass is 35.5. The molecule has 6 heteroatoms. The lowest BCUT2D eigenvalue weighted by Crippen LogP contribution is -2.46. The number of aliphatic hydroxyl groups excluding tert-OH is 1. The summed E-state index contributed by atoms with van der Waals surface area (Å²) in [6.07, 6.45) is -0.713. The van der Waals surface area contributed by atoms with Crippen molar-refractivity contribution in [2.45, 2.75) is 18.2 Å². The Kier molecular flexibility index (Phi) is 4.39. The predicted octanol–water partition coefficient (Wildman–Crippen LogP) is 1.19. The van der Waals surface area contributed by atoms with Crippen LogP contribution >= 0.6 is 11.6 Å². The molecule has 0 spiro atoms. The molecule has 0 bridgehead atoms. The Balaban J connectivity index is 1.88. The second kappa shape index (κ2) is 5.86. The summed E-state index contributed by atoms with van der Waals surface area (Å²) in [7, 11) is 0. The van der Waals surface area contributed by atoms with Gasteiger partial charge in [0.2, 0.25) is 5.67 Å². The van der Waals surface area contributed by atoms with Crippen LogP contribution in [0.5, 0.6) is 0 Å². The van der Waals surface area contributed by atoms with Gasteiger partial charge in [0.05, 0.1) is 6.10 Å². The van der Waals surface area contributed by atoms with Crippen molar-refractivity contribution in [3.05, 3.63) is 34.9 Å². The minimum atomic E-state index is -1.86. The Morgan fingerprint density at radius 3 is 2.79 bits per heavy atom. The highest BCUT2D eigenvalue weighted by molar-refractivity contribution is 6.30. The van der Waals surface area contributed by atoms with E-state index in [1.807, 2.05) is 0 Å². The zero-order chi connectivity index (χ0) is 13.9. The van der Waals surface area contributed by atoms with Crippen LogP contribution in [0.2, 0.25) is 5.02 Å². The number of halogens is 2. The van der Waals surface area contributed by atoms with Crippen molar-refractivity contribution in [3.8, 4) is 0 Å². The fourth-order valence-electron chi connectivity index (χ4n) is 2.01. The van der Waals surface area contributed by atoms with Gasteiger partial charge in [0.1, 0.15) is 0 Å². The molecule has 1 amide bonds. The van der Waals surface area contributed by atoms with Gasteiger partial charge < -0.3 is 15.7 Å². The van der Waals surface area contributed by atoms with Crippen molar-refractivity contribution in [3.63, 3.8) is 0 Å². The van der Waals surface area contributed by atoms with E-state index in [1.165, 1.54) is 0 Å². The largest absolute Gasteiger partial charge is 0.387 e. The number of hydrogen-bond donors (Lipinski definition) is 3. The van der Waals surface area contributed by atoms with Gasteiger partial charge in [-0.3, -0.25) is 4.79 Å². The maximum atomic E-state index is 14.0. The van der Waals surface area contributed by atoms with Crippen molar-refractivity contribution in [1.29, 1.82) is 0 Å². The van der Waals surface area contributed by atoms with Crippen LogP contribution in [0.1, 0.15) is 18.1 Å². The Morgan fingerprint density at radius 2 is 2.21 bits per heavy atom. The Hall–Kier alpha value is -1.17. The van der Waals surface area contributed by atoms with Crippen LogP contribution in [-0.2, 0) is 4.79 Å². The first kappa shape index (κ1) is 14.2. The summed E-state index contributed by atoms with van der Waals surface area (Å²) in [6, 6.07) is 6.64. The molecular weight excluding hydrogens is 271 g/mol. The number of aliphatic hydroxyl groups is 1. The predicted molar refractivity (Wildman–Crippen MR) is 70.7 cm³/mol. The van der Waals surface area contributed by atoms with Crippen molar-refractivity contribution >= 4 is 17.5 Å². The molecule has 1 aromatic carbocycles. The van der Waals surface area contributed by atoms with E-state index in [0.717, 1.165) is 0 Å². The molecule has 0 saturated carbocycles. The van der Waals surface area contributed by atoms with Gasteiger partial charge in [-0.15, -0.1) is 0 Å². The summed E-state index contributed by atoms with van der Waals surface area (Å²) >= 11 is 5.74. The van der Waals surface area contributed by atoms with Gasteiger partial charge in [-0.2, -0.15) is 0 Å². The molecule has 1 aliphatic rings. The highest BCUT2D eigenvalue weighted by Crippen LogP contribution is 2.20. The van der Waals surface area contributed by atoms with Crippen LogP contribution in [0.25, 0.3) is 0 Å². The molecule has 1 aliphatic heterocycles. The molecule has 4 nitrogen and oxygen atoms in total. The molecule has 0 aromatic heterocycles. The molecule has 19 heavy (non-hydrogen) atoms. The lowest BCUT2D eigenvalue weighted by molar-refractivity contribution is -0.132. The third-order valence-electron chi connectivity index (χ3n) is 3.22. The van der Waals surface area contributed by atoms with Gasteiger partial charge in [0, 0.05) is 24.5 Å². The quantitative estimate of drug-likeness (QED) is 0.779. The summed E-state index contributed by atoms with van der Waals surface area (Å²) in [5.74, 6) is -0.675. The van der Waals surface area contributed by atoms with E-state index in [9.17, 15) is 14.3 Å². The molecule has 1 saturated heterocycles. The van der Waals surface area contributed by atoms with Crippen LogP contribution in [0.3, 0.4) is 0 Å². The Morgan fingerprint density at radius 1 is 1.53 bits per heavy atom. The van der Waals surface area contributed by atoms with Gasteiger partial charge in [-0.1, -0.05) is 23.7 Å². The van der Waals surface area contributed by atoms with E-state index in [1.54, 1.807) is 24.3 Å². The molecule has 104 valence electrons.